The second-order valence-electron chi connectivity index (χ2n) is 2.88. The van der Waals surface area contributed by atoms with Crippen LogP contribution in [0.4, 0.5) is 0 Å². The molecule has 13 heavy (non-hydrogen) atoms. The number of hydrogen-bond acceptors (Lipinski definition) is 0. The Morgan fingerprint density at radius 1 is 1.23 bits per heavy atom. The minimum Gasteiger partial charge on any atom is -1.00 e. The van der Waals surface area contributed by atoms with Gasteiger partial charge in [-0.3, -0.25) is 0 Å². The molecule has 66 valence electrons. The Hall–Kier alpha value is 0.133. The molecule has 0 radical (unpaired) electrons. The molecule has 1 unspecified atom stereocenters. The zero-order valence-electron chi connectivity index (χ0n) is 7.33. The summed E-state index contributed by atoms with van der Waals surface area (Å²) in [6.45, 7) is 3.92. The summed E-state index contributed by atoms with van der Waals surface area (Å²) < 4.78 is 0. The molecule has 0 aromatic heterocycles. The Kier molecular flexibility index (Phi) is 5.84. The number of hydrogen-bond donors (Lipinski definition) is 0. The standard InChI is InChI=1S/C11H11.ClH.Zr/c1-2-9-7-8-10-5-3-4-6-11(9)10;;/h3-9H,1-2H2;1H;/q-1;;+2/p-1. The summed E-state index contributed by atoms with van der Waals surface area (Å²) in [7, 11) is 0. The van der Waals surface area contributed by atoms with E-state index in [1.807, 2.05) is 0 Å². The molecule has 0 spiro atoms. The van der Waals surface area contributed by atoms with E-state index in [2.05, 4.69) is 43.3 Å². The number of halogens is 1. The molecule has 0 fully saturated rings. The zero-order valence-corrected chi connectivity index (χ0v) is 10.5. The van der Waals surface area contributed by atoms with Gasteiger partial charge in [0.25, 0.3) is 0 Å². The molecule has 0 saturated carbocycles. The van der Waals surface area contributed by atoms with Crippen molar-refractivity contribution in [1.29, 1.82) is 0 Å². The molecule has 1 atom stereocenters. The van der Waals surface area contributed by atoms with E-state index in [9.17, 15) is 0 Å². The molecule has 0 heterocycles. The largest absolute Gasteiger partial charge is 2.00 e. The van der Waals surface area contributed by atoms with Crippen molar-refractivity contribution in [3.63, 3.8) is 0 Å². The maximum Gasteiger partial charge on any atom is 2.00 e. The molecule has 1 aromatic carbocycles. The van der Waals surface area contributed by atoms with E-state index in [0.717, 1.165) is 6.42 Å². The van der Waals surface area contributed by atoms with Gasteiger partial charge < -0.3 is 19.3 Å². The first-order valence-electron chi connectivity index (χ1n) is 3.98. The second-order valence-corrected chi connectivity index (χ2v) is 2.88. The van der Waals surface area contributed by atoms with Crippen LogP contribution < -0.4 is 12.4 Å². The average molecular weight is 270 g/mol. The van der Waals surface area contributed by atoms with Crippen LogP contribution in [0.15, 0.2) is 30.3 Å². The van der Waals surface area contributed by atoms with E-state index in [1.165, 1.54) is 11.1 Å². The van der Waals surface area contributed by atoms with E-state index in [4.69, 9.17) is 0 Å². The van der Waals surface area contributed by atoms with Gasteiger partial charge in [0.2, 0.25) is 0 Å². The molecule has 0 N–H and O–H groups in total. The molecular formula is C11H11ClZr. The molecule has 0 amide bonds. The van der Waals surface area contributed by atoms with Crippen molar-refractivity contribution in [3.8, 4) is 0 Å². The van der Waals surface area contributed by atoms with Gasteiger partial charge >= 0.3 is 26.2 Å². The second kappa shape index (κ2) is 5.78. The fraction of sp³-hybridized carbons (Fsp3) is 0.182. The van der Waals surface area contributed by atoms with Crippen molar-refractivity contribution >= 4 is 6.08 Å². The van der Waals surface area contributed by atoms with Gasteiger partial charge in [0.05, 0.1) is 0 Å². The Bertz CT molecular complexity index is 294. The molecule has 1 aliphatic rings. The predicted octanol–water partition coefficient (Wildman–Crippen LogP) is 0.0227. The third kappa shape index (κ3) is 2.54. The van der Waals surface area contributed by atoms with Crippen LogP contribution in [-0.2, 0) is 26.2 Å². The normalized spacial score (nSPS) is 17.2. The van der Waals surface area contributed by atoms with Crippen LogP contribution in [0.2, 0.25) is 0 Å². The molecule has 0 aliphatic heterocycles. The van der Waals surface area contributed by atoms with Crippen LogP contribution in [0.3, 0.4) is 0 Å². The first kappa shape index (κ1) is 13.1. The Morgan fingerprint density at radius 3 is 2.62 bits per heavy atom. The number of allylic oxidation sites excluding steroid dienone is 1. The van der Waals surface area contributed by atoms with Gasteiger partial charge in [-0.25, -0.2) is 0 Å². The number of rotatable bonds is 1. The van der Waals surface area contributed by atoms with Crippen molar-refractivity contribution in [2.75, 3.05) is 0 Å². The third-order valence-electron chi connectivity index (χ3n) is 2.21. The summed E-state index contributed by atoms with van der Waals surface area (Å²) in [5.74, 6) is 0.561. The SMILES string of the molecule is [CH2-]CC1C=Cc2ccccc21.[Cl-].[Zr+2]. The molecule has 1 aromatic rings. The maximum absolute atomic E-state index is 3.92. The van der Waals surface area contributed by atoms with Gasteiger partial charge in [0.15, 0.2) is 0 Å². The molecule has 1 aliphatic carbocycles. The summed E-state index contributed by atoms with van der Waals surface area (Å²) in [5.41, 5.74) is 2.80. The predicted molar refractivity (Wildman–Crippen MR) is 48.2 cm³/mol. The smallest absolute Gasteiger partial charge is 1.00 e. The summed E-state index contributed by atoms with van der Waals surface area (Å²) >= 11 is 0. The van der Waals surface area contributed by atoms with Crippen LogP contribution in [0, 0.1) is 6.92 Å². The van der Waals surface area contributed by atoms with Crippen molar-refractivity contribution in [2.24, 2.45) is 0 Å². The average Bonchev–Trinajstić information content (AvgIpc) is 2.47. The molecule has 2 rings (SSSR count). The Balaban J connectivity index is 0.000000720. The van der Waals surface area contributed by atoms with Crippen molar-refractivity contribution in [3.05, 3.63) is 48.4 Å². The summed E-state index contributed by atoms with van der Waals surface area (Å²) in [6.07, 6.45) is 5.39. The Labute approximate surface area is 105 Å². The first-order valence-corrected chi connectivity index (χ1v) is 3.98. The summed E-state index contributed by atoms with van der Waals surface area (Å²) in [6, 6.07) is 8.51. The molecule has 2 heteroatoms. The van der Waals surface area contributed by atoms with Crippen molar-refractivity contribution < 1.29 is 38.6 Å². The zero-order chi connectivity index (χ0) is 7.68. The molecule has 0 bridgehead atoms. The number of benzene rings is 1. The van der Waals surface area contributed by atoms with Crippen molar-refractivity contribution in [2.45, 2.75) is 12.3 Å². The van der Waals surface area contributed by atoms with E-state index in [1.54, 1.807) is 0 Å². The van der Waals surface area contributed by atoms with Crippen LogP contribution in [0.1, 0.15) is 23.5 Å². The fourth-order valence-electron chi connectivity index (χ4n) is 1.58. The van der Waals surface area contributed by atoms with Gasteiger partial charge in [0.1, 0.15) is 0 Å². The quantitative estimate of drug-likeness (QED) is 0.631. The van der Waals surface area contributed by atoms with Gasteiger partial charge in [-0.2, -0.15) is 6.42 Å². The van der Waals surface area contributed by atoms with E-state index in [0.29, 0.717) is 5.92 Å². The molecular weight excluding hydrogens is 259 g/mol. The topological polar surface area (TPSA) is 0 Å². The minimum atomic E-state index is 0. The minimum absolute atomic E-state index is 0. The van der Waals surface area contributed by atoms with Crippen molar-refractivity contribution in [1.82, 2.24) is 0 Å². The van der Waals surface area contributed by atoms with Gasteiger partial charge in [-0.05, 0) is 17.0 Å². The van der Waals surface area contributed by atoms with Crippen LogP contribution in [0.25, 0.3) is 6.08 Å². The summed E-state index contributed by atoms with van der Waals surface area (Å²) in [5, 5.41) is 0. The third-order valence-corrected chi connectivity index (χ3v) is 2.21. The first-order chi connectivity index (χ1) is 5.42. The van der Waals surface area contributed by atoms with Gasteiger partial charge in [-0.15, -0.1) is 0 Å². The van der Waals surface area contributed by atoms with Gasteiger partial charge in [-0.1, -0.05) is 36.4 Å². The van der Waals surface area contributed by atoms with Gasteiger partial charge in [0, 0.05) is 0 Å². The van der Waals surface area contributed by atoms with E-state index >= 15 is 0 Å². The van der Waals surface area contributed by atoms with E-state index < -0.39 is 0 Å². The van der Waals surface area contributed by atoms with Crippen LogP contribution in [0.5, 0.6) is 0 Å². The number of fused-ring (bicyclic) bond motifs is 1. The fourth-order valence-corrected chi connectivity index (χ4v) is 1.58. The summed E-state index contributed by atoms with van der Waals surface area (Å²) in [4.78, 5) is 0. The van der Waals surface area contributed by atoms with Crippen LogP contribution >= 0.6 is 0 Å². The maximum atomic E-state index is 3.92. The monoisotopic (exact) mass is 268 g/mol. The van der Waals surface area contributed by atoms with Crippen LogP contribution in [-0.4, -0.2) is 0 Å². The van der Waals surface area contributed by atoms with E-state index in [-0.39, 0.29) is 38.6 Å². The molecule has 0 saturated heterocycles. The Morgan fingerprint density at radius 2 is 1.92 bits per heavy atom. The molecule has 0 nitrogen and oxygen atoms in total.